The fraction of sp³-hybridized carbons (Fsp3) is 0.423. The van der Waals surface area contributed by atoms with Crippen LogP contribution in [0.5, 0.6) is 5.75 Å². The van der Waals surface area contributed by atoms with Gasteiger partial charge in [0.1, 0.15) is 29.1 Å². The van der Waals surface area contributed by atoms with Gasteiger partial charge in [-0.1, -0.05) is 35.1 Å². The molecule has 1 aliphatic carbocycles. The maximum atomic E-state index is 12.8. The highest BCUT2D eigenvalue weighted by atomic mass is 35.5. The Bertz CT molecular complexity index is 1250. The number of aromatic nitrogens is 2. The molecule has 0 saturated heterocycles. The molecule has 0 unspecified atom stereocenters. The fourth-order valence-electron chi connectivity index (χ4n) is 4.97. The van der Waals surface area contributed by atoms with Gasteiger partial charge in [-0.05, 0) is 61.1 Å². The van der Waals surface area contributed by atoms with Crippen LogP contribution in [0.1, 0.15) is 36.8 Å². The zero-order valence-corrected chi connectivity index (χ0v) is 22.3. The molecule has 0 bridgehead atoms. The molecule has 2 heterocycles. The third-order valence-corrected chi connectivity index (χ3v) is 8.32. The van der Waals surface area contributed by atoms with Gasteiger partial charge < -0.3 is 9.84 Å². The number of carboxylic acids is 1. The van der Waals surface area contributed by atoms with Crippen LogP contribution in [0.15, 0.2) is 36.4 Å². The lowest BCUT2D eigenvalue weighted by atomic mass is 9.85. The van der Waals surface area contributed by atoms with Crippen molar-refractivity contribution in [2.45, 2.75) is 50.9 Å². The molecular weight excluding hydrogens is 543 g/mol. The maximum absolute atomic E-state index is 12.8. The molecule has 1 aromatic heterocycles. The molecule has 5 rings (SSSR count). The van der Waals surface area contributed by atoms with E-state index in [4.69, 9.17) is 16.3 Å². The number of nitrogens with zero attached hydrogens (tertiary/aromatic N) is 3. The van der Waals surface area contributed by atoms with Gasteiger partial charge in [-0.15, -0.1) is 22.6 Å². The average molecular weight is 570 g/mol. The number of carboxylic acid groups (broad SMARTS) is 1. The monoisotopic (exact) mass is 569 g/mol. The van der Waals surface area contributed by atoms with Crippen LogP contribution in [-0.2, 0) is 17.9 Å². The van der Waals surface area contributed by atoms with Crippen molar-refractivity contribution >= 4 is 41.3 Å². The summed E-state index contributed by atoms with van der Waals surface area (Å²) in [6, 6.07) is 11.8. The van der Waals surface area contributed by atoms with E-state index in [1.807, 2.05) is 0 Å². The Hall–Kier alpha value is -2.33. The molecule has 1 saturated carbocycles. The molecule has 0 radical (unpaired) electrons. The Kier molecular flexibility index (Phi) is 9.00. The second kappa shape index (κ2) is 12.0. The van der Waals surface area contributed by atoms with Crippen molar-refractivity contribution in [3.05, 3.63) is 52.5 Å². The van der Waals surface area contributed by atoms with Crippen LogP contribution in [0.4, 0.5) is 8.78 Å². The minimum absolute atomic E-state index is 0. The molecule has 2 aliphatic rings. The van der Waals surface area contributed by atoms with E-state index in [-0.39, 0.29) is 29.1 Å². The predicted octanol–water partition coefficient (Wildman–Crippen LogP) is 6.59. The lowest BCUT2D eigenvalue weighted by Crippen LogP contribution is -2.35. The first-order valence-corrected chi connectivity index (χ1v) is 13.2. The predicted molar refractivity (Wildman–Crippen MR) is 142 cm³/mol. The zero-order valence-electron chi connectivity index (χ0n) is 19.9. The van der Waals surface area contributed by atoms with Crippen molar-refractivity contribution in [1.29, 1.82) is 0 Å². The molecule has 0 amide bonds. The van der Waals surface area contributed by atoms with E-state index in [1.165, 1.54) is 22.5 Å². The molecule has 198 valence electrons. The lowest BCUT2D eigenvalue weighted by Gasteiger charge is -2.33. The number of fused-ring (bicyclic) bond motifs is 1. The number of hydrogen-bond donors (Lipinski definition) is 1. The van der Waals surface area contributed by atoms with E-state index in [9.17, 15) is 18.7 Å². The molecule has 0 atom stereocenters. The minimum Gasteiger partial charge on any atom is -0.483 e. The highest BCUT2D eigenvalue weighted by Gasteiger charge is 2.32. The van der Waals surface area contributed by atoms with Crippen LogP contribution in [0, 0.1) is 5.92 Å². The SMILES string of the molecule is Cl.O=C(O)C1CCC(N2Cc3ccc(-c4nnc(-c5ccc(OC(CF)CF)c(Cl)c5)s4)cc3C2)CC1. The van der Waals surface area contributed by atoms with Crippen LogP contribution >= 0.6 is 35.3 Å². The smallest absolute Gasteiger partial charge is 0.306 e. The third kappa shape index (κ3) is 6.06. The van der Waals surface area contributed by atoms with Gasteiger partial charge in [-0.25, -0.2) is 8.78 Å². The Morgan fingerprint density at radius 2 is 1.65 bits per heavy atom. The van der Waals surface area contributed by atoms with Gasteiger partial charge >= 0.3 is 5.97 Å². The van der Waals surface area contributed by atoms with Gasteiger partial charge in [0, 0.05) is 30.3 Å². The normalized spacial score (nSPS) is 19.5. The highest BCUT2D eigenvalue weighted by molar-refractivity contribution is 7.17. The molecule has 37 heavy (non-hydrogen) atoms. The van der Waals surface area contributed by atoms with Crippen LogP contribution in [0.3, 0.4) is 0 Å². The quantitative estimate of drug-likeness (QED) is 0.329. The number of hydrogen-bond acceptors (Lipinski definition) is 6. The molecule has 0 spiro atoms. The van der Waals surface area contributed by atoms with Crippen molar-refractivity contribution < 1.29 is 23.4 Å². The second-order valence-electron chi connectivity index (χ2n) is 9.34. The number of ether oxygens (including phenoxy) is 1. The summed E-state index contributed by atoms with van der Waals surface area (Å²) in [5, 5.41) is 19.7. The van der Waals surface area contributed by atoms with Crippen molar-refractivity contribution in [3.63, 3.8) is 0 Å². The van der Waals surface area contributed by atoms with Crippen molar-refractivity contribution in [1.82, 2.24) is 15.1 Å². The second-order valence-corrected chi connectivity index (χ2v) is 10.7. The number of carbonyl (C=O) groups is 1. The molecule has 1 fully saturated rings. The van der Waals surface area contributed by atoms with Crippen LogP contribution in [0.2, 0.25) is 5.02 Å². The van der Waals surface area contributed by atoms with E-state index in [2.05, 4.69) is 33.3 Å². The Morgan fingerprint density at radius 1 is 1.03 bits per heavy atom. The van der Waals surface area contributed by atoms with Gasteiger partial charge in [0.25, 0.3) is 0 Å². The topological polar surface area (TPSA) is 75.5 Å². The number of alkyl halides is 2. The summed E-state index contributed by atoms with van der Waals surface area (Å²) in [5.74, 6) is -0.650. The molecule has 3 aromatic rings. The molecule has 2 aromatic carbocycles. The zero-order chi connectivity index (χ0) is 25.2. The highest BCUT2D eigenvalue weighted by Crippen LogP contribution is 2.37. The average Bonchev–Trinajstić information content (AvgIpc) is 3.55. The first-order valence-electron chi connectivity index (χ1n) is 12.0. The van der Waals surface area contributed by atoms with Crippen molar-refractivity contribution in [2.75, 3.05) is 13.3 Å². The number of halogens is 4. The van der Waals surface area contributed by atoms with E-state index in [0.29, 0.717) is 11.0 Å². The van der Waals surface area contributed by atoms with Crippen LogP contribution < -0.4 is 4.74 Å². The fourth-order valence-corrected chi connectivity index (χ4v) is 6.03. The van der Waals surface area contributed by atoms with Crippen LogP contribution in [0.25, 0.3) is 21.1 Å². The molecule has 1 aliphatic heterocycles. The van der Waals surface area contributed by atoms with Crippen molar-refractivity contribution in [3.8, 4) is 26.9 Å². The van der Waals surface area contributed by atoms with E-state index < -0.39 is 25.4 Å². The summed E-state index contributed by atoms with van der Waals surface area (Å²) in [6.45, 7) is -0.123. The van der Waals surface area contributed by atoms with Gasteiger partial charge in [0.05, 0.1) is 10.9 Å². The molecule has 1 N–H and O–H groups in total. The number of benzene rings is 2. The summed E-state index contributed by atoms with van der Waals surface area (Å²) in [7, 11) is 0. The summed E-state index contributed by atoms with van der Waals surface area (Å²) in [6.07, 6.45) is 2.17. The Balaban J connectivity index is 0.00000320. The van der Waals surface area contributed by atoms with Gasteiger partial charge in [0.2, 0.25) is 0 Å². The van der Waals surface area contributed by atoms with E-state index >= 15 is 0 Å². The first-order chi connectivity index (χ1) is 17.4. The Morgan fingerprint density at radius 3 is 2.27 bits per heavy atom. The summed E-state index contributed by atoms with van der Waals surface area (Å²) in [5.41, 5.74) is 4.31. The summed E-state index contributed by atoms with van der Waals surface area (Å²) < 4.78 is 30.8. The summed E-state index contributed by atoms with van der Waals surface area (Å²) in [4.78, 5) is 13.7. The van der Waals surface area contributed by atoms with Gasteiger partial charge in [-0.2, -0.15) is 0 Å². The number of aliphatic carboxylic acids is 1. The number of rotatable bonds is 8. The minimum atomic E-state index is -1.17. The molecule has 6 nitrogen and oxygen atoms in total. The first kappa shape index (κ1) is 27.7. The Labute approximate surface area is 229 Å². The molecular formula is C26H27Cl2F2N3O3S. The van der Waals surface area contributed by atoms with Gasteiger partial charge in [0.15, 0.2) is 6.10 Å². The van der Waals surface area contributed by atoms with E-state index in [0.717, 1.165) is 54.9 Å². The van der Waals surface area contributed by atoms with E-state index in [1.54, 1.807) is 18.2 Å². The lowest BCUT2D eigenvalue weighted by molar-refractivity contribution is -0.143. The third-order valence-electron chi connectivity index (χ3n) is 7.00. The standard InChI is InChI=1S/C26H26ClF2N3O3S.ClH/c27-22-10-17(5-8-23(22)35-21(11-28)12-29)25-31-30-24(36-25)16-1-2-18-13-32(14-19(18)9-16)20-6-3-15(4-7-20)26(33)34;/h1-2,5,8-10,15,20-21H,3-4,6-7,11-14H2,(H,33,34);1H. The van der Waals surface area contributed by atoms with Crippen molar-refractivity contribution in [2.24, 2.45) is 5.92 Å². The van der Waals surface area contributed by atoms with Crippen LogP contribution in [-0.4, -0.2) is 51.7 Å². The summed E-state index contributed by atoms with van der Waals surface area (Å²) >= 11 is 7.72. The molecule has 11 heteroatoms. The largest absolute Gasteiger partial charge is 0.483 e. The maximum Gasteiger partial charge on any atom is 0.306 e. The van der Waals surface area contributed by atoms with Gasteiger partial charge in [-0.3, -0.25) is 9.69 Å².